The van der Waals surface area contributed by atoms with Gasteiger partial charge in [0.05, 0.1) is 19.2 Å². The number of benzene rings is 2. The monoisotopic (exact) mass is 322 g/mol. The van der Waals surface area contributed by atoms with Gasteiger partial charge in [-0.1, -0.05) is 42.5 Å². The predicted octanol–water partition coefficient (Wildman–Crippen LogP) is 2.68. The number of nitrogens with one attached hydrogen (secondary N) is 1. The minimum atomic E-state index is 0.0551. The molecule has 1 amide bonds. The van der Waals surface area contributed by atoms with Crippen molar-refractivity contribution in [3.8, 4) is 5.75 Å². The highest BCUT2D eigenvalue weighted by Gasteiger charge is 2.24. The Morgan fingerprint density at radius 2 is 1.92 bits per heavy atom. The summed E-state index contributed by atoms with van der Waals surface area (Å²) in [4.78, 5) is 14.7. The molecule has 2 aliphatic heterocycles. The molecule has 2 aromatic rings. The molecule has 4 rings (SSSR count). The SMILES string of the molecule is O=C(CN1CCc2ccccc2C1)NC1CCOc2ccccc21. The van der Waals surface area contributed by atoms with Gasteiger partial charge in [0.1, 0.15) is 5.75 Å². The maximum Gasteiger partial charge on any atom is 0.234 e. The molecule has 124 valence electrons. The van der Waals surface area contributed by atoms with Crippen LogP contribution < -0.4 is 10.1 Å². The molecule has 0 fully saturated rings. The Morgan fingerprint density at radius 1 is 1.12 bits per heavy atom. The van der Waals surface area contributed by atoms with Crippen LogP contribution in [-0.4, -0.2) is 30.5 Å². The van der Waals surface area contributed by atoms with Gasteiger partial charge in [0, 0.05) is 25.1 Å². The minimum Gasteiger partial charge on any atom is -0.493 e. The van der Waals surface area contributed by atoms with Gasteiger partial charge in [0.15, 0.2) is 0 Å². The van der Waals surface area contributed by atoms with Gasteiger partial charge < -0.3 is 10.1 Å². The Bertz CT molecular complexity index is 744. The second-order valence-electron chi connectivity index (χ2n) is 6.52. The Kier molecular flexibility index (Phi) is 4.22. The number of fused-ring (bicyclic) bond motifs is 2. The van der Waals surface area contributed by atoms with Crippen molar-refractivity contribution in [1.82, 2.24) is 10.2 Å². The number of carbonyl (C=O) groups excluding carboxylic acids is 1. The van der Waals surface area contributed by atoms with E-state index in [-0.39, 0.29) is 11.9 Å². The van der Waals surface area contributed by atoms with Gasteiger partial charge in [0.25, 0.3) is 0 Å². The number of hydrogen-bond donors (Lipinski definition) is 1. The van der Waals surface area contributed by atoms with Crippen molar-refractivity contribution in [2.24, 2.45) is 0 Å². The fourth-order valence-corrected chi connectivity index (χ4v) is 3.62. The number of rotatable bonds is 3. The van der Waals surface area contributed by atoms with Crippen molar-refractivity contribution in [2.75, 3.05) is 19.7 Å². The second kappa shape index (κ2) is 6.65. The lowest BCUT2D eigenvalue weighted by molar-refractivity contribution is -0.123. The summed E-state index contributed by atoms with van der Waals surface area (Å²) >= 11 is 0. The van der Waals surface area contributed by atoms with Crippen LogP contribution >= 0.6 is 0 Å². The smallest absolute Gasteiger partial charge is 0.234 e. The van der Waals surface area contributed by atoms with E-state index in [1.165, 1.54) is 11.1 Å². The van der Waals surface area contributed by atoms with Gasteiger partial charge in [-0.15, -0.1) is 0 Å². The lowest BCUT2D eigenvalue weighted by atomic mass is 9.99. The standard InChI is InChI=1S/C20H22N2O2/c23-20(14-22-11-9-15-5-1-2-6-16(15)13-22)21-18-10-12-24-19-8-4-3-7-17(18)19/h1-8,18H,9-14H2,(H,21,23). The molecule has 0 spiro atoms. The molecule has 1 atom stereocenters. The van der Waals surface area contributed by atoms with Crippen LogP contribution in [0.3, 0.4) is 0 Å². The Hall–Kier alpha value is -2.33. The first kappa shape index (κ1) is 15.2. The molecule has 2 aliphatic rings. The maximum atomic E-state index is 12.5. The molecule has 0 saturated heterocycles. The van der Waals surface area contributed by atoms with E-state index in [4.69, 9.17) is 4.74 Å². The van der Waals surface area contributed by atoms with Crippen LogP contribution in [-0.2, 0) is 17.8 Å². The zero-order chi connectivity index (χ0) is 16.4. The van der Waals surface area contributed by atoms with Crippen molar-refractivity contribution >= 4 is 5.91 Å². The van der Waals surface area contributed by atoms with Crippen molar-refractivity contribution < 1.29 is 9.53 Å². The molecule has 1 unspecified atom stereocenters. The molecule has 2 aromatic carbocycles. The molecule has 24 heavy (non-hydrogen) atoms. The topological polar surface area (TPSA) is 41.6 Å². The van der Waals surface area contributed by atoms with E-state index < -0.39 is 0 Å². The van der Waals surface area contributed by atoms with E-state index in [1.54, 1.807) is 0 Å². The fraction of sp³-hybridized carbons (Fsp3) is 0.350. The number of hydrogen-bond acceptors (Lipinski definition) is 3. The minimum absolute atomic E-state index is 0.0551. The molecular formula is C20H22N2O2. The van der Waals surface area contributed by atoms with Crippen molar-refractivity contribution in [3.05, 3.63) is 65.2 Å². The second-order valence-corrected chi connectivity index (χ2v) is 6.52. The molecule has 2 heterocycles. The zero-order valence-electron chi connectivity index (χ0n) is 13.7. The summed E-state index contributed by atoms with van der Waals surface area (Å²) in [6, 6.07) is 16.5. The normalized spacial score (nSPS) is 19.8. The first-order valence-electron chi connectivity index (χ1n) is 8.60. The van der Waals surface area contributed by atoms with Crippen LogP contribution in [0.1, 0.15) is 29.2 Å². The van der Waals surface area contributed by atoms with Crippen LogP contribution in [0.2, 0.25) is 0 Å². The first-order valence-corrected chi connectivity index (χ1v) is 8.60. The Labute approximate surface area is 142 Å². The summed E-state index contributed by atoms with van der Waals surface area (Å²) < 4.78 is 5.66. The van der Waals surface area contributed by atoms with Gasteiger partial charge in [0.2, 0.25) is 5.91 Å². The van der Waals surface area contributed by atoms with Crippen LogP contribution in [0.4, 0.5) is 0 Å². The quantitative estimate of drug-likeness (QED) is 0.945. The van der Waals surface area contributed by atoms with Gasteiger partial charge in [-0.25, -0.2) is 0 Å². The first-order chi connectivity index (χ1) is 11.8. The van der Waals surface area contributed by atoms with Crippen LogP contribution in [0.15, 0.2) is 48.5 Å². The lowest BCUT2D eigenvalue weighted by Gasteiger charge is -2.30. The molecular weight excluding hydrogens is 300 g/mol. The third kappa shape index (κ3) is 3.15. The molecule has 1 N–H and O–H groups in total. The highest BCUT2D eigenvalue weighted by atomic mass is 16.5. The molecule has 0 aromatic heterocycles. The van der Waals surface area contributed by atoms with Gasteiger partial charge in [-0.05, 0) is 23.6 Å². The molecule has 4 heteroatoms. The van der Waals surface area contributed by atoms with Crippen LogP contribution in [0.5, 0.6) is 5.75 Å². The molecule has 4 nitrogen and oxygen atoms in total. The number of amides is 1. The summed E-state index contributed by atoms with van der Waals surface area (Å²) in [5, 5.41) is 3.19. The fourth-order valence-electron chi connectivity index (χ4n) is 3.62. The van der Waals surface area contributed by atoms with Gasteiger partial charge >= 0.3 is 0 Å². The zero-order valence-corrected chi connectivity index (χ0v) is 13.7. The van der Waals surface area contributed by atoms with E-state index in [0.717, 1.165) is 37.2 Å². The summed E-state index contributed by atoms with van der Waals surface area (Å²) in [7, 11) is 0. The van der Waals surface area contributed by atoms with Crippen molar-refractivity contribution in [3.63, 3.8) is 0 Å². The highest BCUT2D eigenvalue weighted by molar-refractivity contribution is 5.78. The van der Waals surface area contributed by atoms with E-state index in [1.807, 2.05) is 24.3 Å². The molecule has 0 radical (unpaired) electrons. The highest BCUT2D eigenvalue weighted by Crippen LogP contribution is 2.31. The van der Waals surface area contributed by atoms with Crippen molar-refractivity contribution in [2.45, 2.75) is 25.4 Å². The van der Waals surface area contributed by atoms with E-state index in [9.17, 15) is 4.79 Å². The number of nitrogens with zero attached hydrogens (tertiary/aromatic N) is 1. The maximum absolute atomic E-state index is 12.5. The third-order valence-electron chi connectivity index (χ3n) is 4.87. The number of carbonyl (C=O) groups is 1. The predicted molar refractivity (Wildman–Crippen MR) is 92.9 cm³/mol. The Morgan fingerprint density at radius 3 is 2.83 bits per heavy atom. The Balaban J connectivity index is 1.38. The largest absolute Gasteiger partial charge is 0.493 e. The summed E-state index contributed by atoms with van der Waals surface area (Å²) in [5.41, 5.74) is 3.83. The third-order valence-corrected chi connectivity index (χ3v) is 4.87. The summed E-state index contributed by atoms with van der Waals surface area (Å²) in [6.07, 6.45) is 1.84. The van der Waals surface area contributed by atoms with Gasteiger partial charge in [-0.2, -0.15) is 0 Å². The number of para-hydroxylation sites is 1. The lowest BCUT2D eigenvalue weighted by Crippen LogP contribution is -2.41. The average Bonchev–Trinajstić information content (AvgIpc) is 2.62. The van der Waals surface area contributed by atoms with E-state index in [0.29, 0.717) is 13.2 Å². The summed E-state index contributed by atoms with van der Waals surface area (Å²) in [6.45, 7) is 2.90. The van der Waals surface area contributed by atoms with Crippen molar-refractivity contribution in [1.29, 1.82) is 0 Å². The van der Waals surface area contributed by atoms with E-state index in [2.05, 4.69) is 34.5 Å². The number of ether oxygens (including phenoxy) is 1. The van der Waals surface area contributed by atoms with Gasteiger partial charge in [-0.3, -0.25) is 9.69 Å². The summed E-state index contributed by atoms with van der Waals surface area (Å²) in [5.74, 6) is 0.983. The van der Waals surface area contributed by atoms with Crippen LogP contribution in [0, 0.1) is 0 Å². The molecule has 0 saturated carbocycles. The van der Waals surface area contributed by atoms with Crippen LogP contribution in [0.25, 0.3) is 0 Å². The molecule has 0 bridgehead atoms. The average molecular weight is 322 g/mol. The van der Waals surface area contributed by atoms with E-state index >= 15 is 0 Å². The molecule has 0 aliphatic carbocycles.